The second-order valence-electron chi connectivity index (χ2n) is 5.68. The number of para-hydroxylation sites is 2. The minimum absolute atomic E-state index is 0.149. The maximum Gasteiger partial charge on any atom is 0.234 e. The zero-order valence-electron chi connectivity index (χ0n) is 15.0. The SMILES string of the molecule is CCOc1ccccc1NC(=O)CSc1nncn1-c1ccc(C)c(Cl)c1. The second-order valence-corrected chi connectivity index (χ2v) is 7.03. The van der Waals surface area contributed by atoms with Gasteiger partial charge in [0, 0.05) is 5.02 Å². The van der Waals surface area contributed by atoms with Crippen molar-refractivity contribution >= 4 is 35.0 Å². The van der Waals surface area contributed by atoms with Gasteiger partial charge in [-0.25, -0.2) is 0 Å². The van der Waals surface area contributed by atoms with E-state index >= 15 is 0 Å². The monoisotopic (exact) mass is 402 g/mol. The molecule has 0 fully saturated rings. The van der Waals surface area contributed by atoms with Crippen LogP contribution in [0, 0.1) is 6.92 Å². The molecular weight excluding hydrogens is 384 g/mol. The Kier molecular flexibility index (Phi) is 6.36. The van der Waals surface area contributed by atoms with Crippen LogP contribution in [0.1, 0.15) is 12.5 Å². The molecule has 6 nitrogen and oxygen atoms in total. The van der Waals surface area contributed by atoms with Gasteiger partial charge in [0.15, 0.2) is 5.16 Å². The zero-order valence-corrected chi connectivity index (χ0v) is 16.5. The van der Waals surface area contributed by atoms with Crippen LogP contribution >= 0.6 is 23.4 Å². The van der Waals surface area contributed by atoms with Gasteiger partial charge < -0.3 is 10.1 Å². The molecule has 1 aromatic heterocycles. The fraction of sp³-hybridized carbons (Fsp3) is 0.211. The number of benzene rings is 2. The molecule has 8 heteroatoms. The van der Waals surface area contributed by atoms with Crippen LogP contribution in [0.5, 0.6) is 5.75 Å². The molecule has 3 rings (SSSR count). The molecule has 0 saturated carbocycles. The van der Waals surface area contributed by atoms with Crippen molar-refractivity contribution in [3.8, 4) is 11.4 Å². The number of aromatic nitrogens is 3. The molecule has 0 aliphatic rings. The number of carbonyl (C=O) groups excluding carboxylic acids is 1. The first-order valence-electron chi connectivity index (χ1n) is 8.39. The van der Waals surface area contributed by atoms with Crippen molar-refractivity contribution in [3.63, 3.8) is 0 Å². The fourth-order valence-electron chi connectivity index (χ4n) is 2.40. The third kappa shape index (κ3) is 4.81. The topological polar surface area (TPSA) is 69.0 Å². The number of amides is 1. The van der Waals surface area contributed by atoms with Gasteiger partial charge in [-0.1, -0.05) is 41.6 Å². The molecule has 2 aromatic carbocycles. The summed E-state index contributed by atoms with van der Waals surface area (Å²) in [5.41, 5.74) is 2.49. The predicted molar refractivity (Wildman–Crippen MR) is 108 cm³/mol. The van der Waals surface area contributed by atoms with Crippen LogP contribution in [0.3, 0.4) is 0 Å². The number of carbonyl (C=O) groups is 1. The molecule has 0 atom stereocenters. The van der Waals surface area contributed by atoms with Crippen molar-refractivity contribution in [3.05, 3.63) is 59.4 Å². The molecule has 0 radical (unpaired) electrons. The largest absolute Gasteiger partial charge is 0.492 e. The zero-order chi connectivity index (χ0) is 19.2. The number of nitrogens with zero attached hydrogens (tertiary/aromatic N) is 3. The quantitative estimate of drug-likeness (QED) is 0.594. The van der Waals surface area contributed by atoms with Crippen LogP contribution in [0.15, 0.2) is 53.9 Å². The van der Waals surface area contributed by atoms with E-state index < -0.39 is 0 Å². The Morgan fingerprint density at radius 3 is 2.89 bits per heavy atom. The number of nitrogens with one attached hydrogen (secondary N) is 1. The molecular formula is C19H19ClN4O2S. The van der Waals surface area contributed by atoms with Crippen molar-refractivity contribution in [2.24, 2.45) is 0 Å². The molecule has 3 aromatic rings. The van der Waals surface area contributed by atoms with Gasteiger partial charge in [-0.05, 0) is 43.7 Å². The summed E-state index contributed by atoms with van der Waals surface area (Å²) < 4.78 is 7.33. The number of hydrogen-bond donors (Lipinski definition) is 1. The van der Waals surface area contributed by atoms with Gasteiger partial charge in [-0.2, -0.15) is 0 Å². The summed E-state index contributed by atoms with van der Waals surface area (Å²) in [7, 11) is 0. The Balaban J connectivity index is 1.67. The summed E-state index contributed by atoms with van der Waals surface area (Å²) in [6, 6.07) is 13.1. The van der Waals surface area contributed by atoms with E-state index in [4.69, 9.17) is 16.3 Å². The van der Waals surface area contributed by atoms with Gasteiger partial charge in [0.05, 0.1) is 23.7 Å². The van der Waals surface area contributed by atoms with Crippen LogP contribution in [-0.2, 0) is 4.79 Å². The van der Waals surface area contributed by atoms with Crippen LogP contribution in [0.2, 0.25) is 5.02 Å². The lowest BCUT2D eigenvalue weighted by Crippen LogP contribution is -2.15. The minimum Gasteiger partial charge on any atom is -0.492 e. The van der Waals surface area contributed by atoms with Crippen molar-refractivity contribution in [2.75, 3.05) is 17.7 Å². The van der Waals surface area contributed by atoms with E-state index in [1.54, 1.807) is 10.9 Å². The summed E-state index contributed by atoms with van der Waals surface area (Å²) >= 11 is 7.50. The highest BCUT2D eigenvalue weighted by atomic mass is 35.5. The number of thioether (sulfide) groups is 1. The van der Waals surface area contributed by atoms with Crippen LogP contribution in [-0.4, -0.2) is 33.0 Å². The van der Waals surface area contributed by atoms with Crippen LogP contribution in [0.25, 0.3) is 5.69 Å². The van der Waals surface area contributed by atoms with E-state index in [2.05, 4.69) is 15.5 Å². The van der Waals surface area contributed by atoms with Crippen LogP contribution < -0.4 is 10.1 Å². The molecule has 0 saturated heterocycles. The molecule has 140 valence electrons. The maximum atomic E-state index is 12.3. The molecule has 27 heavy (non-hydrogen) atoms. The summed E-state index contributed by atoms with van der Waals surface area (Å²) in [5.74, 6) is 0.693. The summed E-state index contributed by atoms with van der Waals surface area (Å²) in [5, 5.41) is 12.2. The molecule has 1 amide bonds. The first kappa shape index (κ1) is 19.3. The lowest BCUT2D eigenvalue weighted by Gasteiger charge is -2.11. The van der Waals surface area contributed by atoms with E-state index in [1.807, 2.05) is 56.3 Å². The standard InChI is InChI=1S/C19H19ClN4O2S/c1-3-26-17-7-5-4-6-16(17)22-18(25)11-27-19-23-21-12-24(19)14-9-8-13(2)15(20)10-14/h4-10,12H,3,11H2,1-2H3,(H,22,25). The Morgan fingerprint density at radius 2 is 2.11 bits per heavy atom. The Hall–Kier alpha value is -2.51. The third-order valence-corrected chi connectivity index (χ3v) is 5.09. The number of hydrogen-bond acceptors (Lipinski definition) is 5. The lowest BCUT2D eigenvalue weighted by atomic mass is 10.2. The molecule has 0 bridgehead atoms. The van der Waals surface area contributed by atoms with Crippen molar-refractivity contribution in [1.82, 2.24) is 14.8 Å². The summed E-state index contributed by atoms with van der Waals surface area (Å²) in [6.07, 6.45) is 1.60. The lowest BCUT2D eigenvalue weighted by molar-refractivity contribution is -0.113. The highest BCUT2D eigenvalue weighted by molar-refractivity contribution is 7.99. The normalized spacial score (nSPS) is 10.6. The van der Waals surface area contributed by atoms with Crippen molar-refractivity contribution in [2.45, 2.75) is 19.0 Å². The molecule has 1 N–H and O–H groups in total. The molecule has 0 aliphatic carbocycles. The number of halogens is 1. The van der Waals surface area contributed by atoms with Gasteiger partial charge >= 0.3 is 0 Å². The van der Waals surface area contributed by atoms with Crippen LogP contribution in [0.4, 0.5) is 5.69 Å². The van der Waals surface area contributed by atoms with Gasteiger partial charge in [0.25, 0.3) is 0 Å². The maximum absolute atomic E-state index is 12.3. The fourth-order valence-corrected chi connectivity index (χ4v) is 3.30. The van der Waals surface area contributed by atoms with Gasteiger partial charge in [0.1, 0.15) is 12.1 Å². The van der Waals surface area contributed by atoms with E-state index in [-0.39, 0.29) is 11.7 Å². The van der Waals surface area contributed by atoms with E-state index in [1.165, 1.54) is 11.8 Å². The van der Waals surface area contributed by atoms with Crippen molar-refractivity contribution in [1.29, 1.82) is 0 Å². The van der Waals surface area contributed by atoms with Crippen molar-refractivity contribution < 1.29 is 9.53 Å². The highest BCUT2D eigenvalue weighted by Crippen LogP contribution is 2.26. The van der Waals surface area contributed by atoms with E-state index in [0.717, 1.165) is 11.3 Å². The first-order valence-corrected chi connectivity index (χ1v) is 9.76. The average molecular weight is 403 g/mol. The summed E-state index contributed by atoms with van der Waals surface area (Å²) in [4.78, 5) is 12.3. The number of aryl methyl sites for hydroxylation is 1. The predicted octanol–water partition coefficient (Wildman–Crippen LogP) is 4.36. The van der Waals surface area contributed by atoms with Gasteiger partial charge in [0.2, 0.25) is 5.91 Å². The number of ether oxygens (including phenoxy) is 1. The van der Waals surface area contributed by atoms with E-state index in [9.17, 15) is 4.79 Å². The second kappa shape index (κ2) is 8.92. The Morgan fingerprint density at radius 1 is 1.30 bits per heavy atom. The minimum atomic E-state index is -0.149. The Labute approximate surface area is 166 Å². The smallest absolute Gasteiger partial charge is 0.234 e. The third-order valence-electron chi connectivity index (χ3n) is 3.74. The molecule has 0 aliphatic heterocycles. The van der Waals surface area contributed by atoms with Gasteiger partial charge in [-0.3, -0.25) is 9.36 Å². The molecule has 1 heterocycles. The summed E-state index contributed by atoms with van der Waals surface area (Å²) in [6.45, 7) is 4.38. The average Bonchev–Trinajstić information content (AvgIpc) is 3.13. The number of anilines is 1. The molecule has 0 spiro atoms. The highest BCUT2D eigenvalue weighted by Gasteiger charge is 2.12. The number of rotatable bonds is 7. The first-order chi connectivity index (χ1) is 13.1. The van der Waals surface area contributed by atoms with Gasteiger partial charge in [-0.15, -0.1) is 10.2 Å². The van der Waals surface area contributed by atoms with E-state index in [0.29, 0.717) is 28.2 Å². The Bertz CT molecular complexity index is 945. The molecule has 0 unspecified atom stereocenters.